The van der Waals surface area contributed by atoms with Crippen LogP contribution in [-0.4, -0.2) is 33.3 Å². The average molecular weight is 360 g/mol. The van der Waals surface area contributed by atoms with Crippen molar-refractivity contribution in [2.24, 2.45) is 0 Å². The molecule has 0 atom stereocenters. The van der Waals surface area contributed by atoms with Gasteiger partial charge in [0.15, 0.2) is 0 Å². The van der Waals surface area contributed by atoms with E-state index in [1.807, 2.05) is 13.8 Å². The summed E-state index contributed by atoms with van der Waals surface area (Å²) in [5, 5.41) is 2.83. The van der Waals surface area contributed by atoms with E-state index in [4.69, 9.17) is 24.7 Å². The fourth-order valence-corrected chi connectivity index (χ4v) is 2.41. The monoisotopic (exact) mass is 360 g/mol. The van der Waals surface area contributed by atoms with Crippen molar-refractivity contribution >= 4 is 17.3 Å². The molecule has 0 spiro atoms. The summed E-state index contributed by atoms with van der Waals surface area (Å²) in [6.45, 7) is 4.59. The number of hydrogen-bond acceptors (Lipinski definition) is 6. The predicted molar refractivity (Wildman–Crippen MR) is 101 cm³/mol. The standard InChI is InChI=1S/C19H24N2O5/c1-5-25-17-11-15(18(26-6-2)10-14(17)20)21-19(22)13-9-12(23-3)7-8-16(13)24-4/h7-11H,5-6,20H2,1-4H3,(H,21,22). The smallest absolute Gasteiger partial charge is 0.259 e. The van der Waals surface area contributed by atoms with Gasteiger partial charge in [-0.3, -0.25) is 4.79 Å². The zero-order chi connectivity index (χ0) is 19.1. The summed E-state index contributed by atoms with van der Waals surface area (Å²) in [7, 11) is 3.03. The van der Waals surface area contributed by atoms with Crippen LogP contribution in [0, 0.1) is 0 Å². The highest BCUT2D eigenvalue weighted by Crippen LogP contribution is 2.36. The first kappa shape index (κ1) is 19.2. The van der Waals surface area contributed by atoms with Gasteiger partial charge in [0.05, 0.1) is 44.4 Å². The Bertz CT molecular complexity index is 777. The average Bonchev–Trinajstić information content (AvgIpc) is 2.65. The Labute approximate surface area is 153 Å². The van der Waals surface area contributed by atoms with Gasteiger partial charge in [-0.25, -0.2) is 0 Å². The Balaban J connectivity index is 2.40. The summed E-state index contributed by atoms with van der Waals surface area (Å²) < 4.78 is 21.5. The highest BCUT2D eigenvalue weighted by Gasteiger charge is 2.17. The van der Waals surface area contributed by atoms with Crippen LogP contribution in [0.1, 0.15) is 24.2 Å². The van der Waals surface area contributed by atoms with Gasteiger partial charge in [0.1, 0.15) is 23.0 Å². The summed E-state index contributed by atoms with van der Waals surface area (Å²) >= 11 is 0. The molecule has 0 bridgehead atoms. The molecule has 140 valence electrons. The van der Waals surface area contributed by atoms with E-state index in [0.717, 1.165) is 0 Å². The number of hydrogen-bond donors (Lipinski definition) is 2. The summed E-state index contributed by atoms with van der Waals surface area (Å²) in [6.07, 6.45) is 0. The van der Waals surface area contributed by atoms with E-state index in [0.29, 0.717) is 53.2 Å². The highest BCUT2D eigenvalue weighted by molar-refractivity contribution is 6.07. The van der Waals surface area contributed by atoms with Gasteiger partial charge in [0, 0.05) is 12.1 Å². The van der Waals surface area contributed by atoms with Crippen LogP contribution in [0.15, 0.2) is 30.3 Å². The molecule has 0 radical (unpaired) electrons. The van der Waals surface area contributed by atoms with E-state index in [2.05, 4.69) is 5.32 Å². The van der Waals surface area contributed by atoms with E-state index in [9.17, 15) is 4.79 Å². The molecule has 0 fully saturated rings. The maximum Gasteiger partial charge on any atom is 0.259 e. The molecule has 0 unspecified atom stereocenters. The van der Waals surface area contributed by atoms with Gasteiger partial charge in [-0.15, -0.1) is 0 Å². The number of nitrogens with two attached hydrogens (primary N) is 1. The summed E-state index contributed by atoms with van der Waals surface area (Å²) in [5.41, 5.74) is 7.21. The molecule has 0 aromatic heterocycles. The number of amides is 1. The molecule has 2 aromatic carbocycles. The molecule has 3 N–H and O–H groups in total. The SMILES string of the molecule is CCOc1cc(NC(=O)c2cc(OC)ccc2OC)c(OCC)cc1N. The topological polar surface area (TPSA) is 92.0 Å². The van der Waals surface area contributed by atoms with Crippen molar-refractivity contribution in [1.29, 1.82) is 0 Å². The van der Waals surface area contributed by atoms with Gasteiger partial charge in [-0.1, -0.05) is 0 Å². The lowest BCUT2D eigenvalue weighted by atomic mass is 10.1. The zero-order valence-corrected chi connectivity index (χ0v) is 15.4. The number of rotatable bonds is 8. The van der Waals surface area contributed by atoms with Crippen LogP contribution in [0.3, 0.4) is 0 Å². The molecular weight excluding hydrogens is 336 g/mol. The predicted octanol–water partition coefficient (Wildman–Crippen LogP) is 3.34. The lowest BCUT2D eigenvalue weighted by Gasteiger charge is -2.16. The first-order valence-electron chi connectivity index (χ1n) is 8.26. The second kappa shape index (κ2) is 8.84. The van der Waals surface area contributed by atoms with Crippen LogP contribution < -0.4 is 30.0 Å². The lowest BCUT2D eigenvalue weighted by Crippen LogP contribution is -2.15. The minimum Gasteiger partial charge on any atom is -0.497 e. The molecule has 0 saturated carbocycles. The third kappa shape index (κ3) is 4.30. The highest BCUT2D eigenvalue weighted by atomic mass is 16.5. The molecule has 7 heteroatoms. The molecular formula is C19H24N2O5. The molecule has 0 heterocycles. The molecule has 7 nitrogen and oxygen atoms in total. The first-order valence-corrected chi connectivity index (χ1v) is 8.26. The molecule has 1 amide bonds. The van der Waals surface area contributed by atoms with Crippen LogP contribution in [0.25, 0.3) is 0 Å². The Morgan fingerprint density at radius 1 is 0.962 bits per heavy atom. The Morgan fingerprint density at radius 3 is 2.27 bits per heavy atom. The third-order valence-electron chi connectivity index (χ3n) is 3.61. The van der Waals surface area contributed by atoms with Gasteiger partial charge in [0.2, 0.25) is 0 Å². The molecule has 0 saturated heterocycles. The maximum atomic E-state index is 12.8. The summed E-state index contributed by atoms with van der Waals surface area (Å²) in [5.74, 6) is 1.55. The lowest BCUT2D eigenvalue weighted by molar-refractivity contribution is 0.102. The Kier molecular flexibility index (Phi) is 6.54. The van der Waals surface area contributed by atoms with Gasteiger partial charge >= 0.3 is 0 Å². The number of nitrogen functional groups attached to an aromatic ring is 1. The van der Waals surface area contributed by atoms with Crippen molar-refractivity contribution in [3.63, 3.8) is 0 Å². The van der Waals surface area contributed by atoms with Crippen molar-refractivity contribution in [1.82, 2.24) is 0 Å². The molecule has 0 aliphatic heterocycles. The first-order chi connectivity index (χ1) is 12.5. The number of benzene rings is 2. The minimum atomic E-state index is -0.367. The van der Waals surface area contributed by atoms with E-state index < -0.39 is 0 Å². The second-order valence-electron chi connectivity index (χ2n) is 5.27. The summed E-state index contributed by atoms with van der Waals surface area (Å²) in [4.78, 5) is 12.8. The Hall–Kier alpha value is -3.09. The quantitative estimate of drug-likeness (QED) is 0.702. The van der Waals surface area contributed by atoms with E-state index in [1.54, 1.807) is 30.3 Å². The van der Waals surface area contributed by atoms with E-state index in [-0.39, 0.29) is 5.91 Å². The number of methoxy groups -OCH3 is 2. The van der Waals surface area contributed by atoms with E-state index >= 15 is 0 Å². The van der Waals surface area contributed by atoms with E-state index in [1.165, 1.54) is 14.2 Å². The second-order valence-corrected chi connectivity index (χ2v) is 5.27. The minimum absolute atomic E-state index is 0.337. The van der Waals surface area contributed by atoms with Gasteiger partial charge in [-0.05, 0) is 32.0 Å². The van der Waals surface area contributed by atoms with Crippen molar-refractivity contribution in [2.75, 3.05) is 38.5 Å². The maximum absolute atomic E-state index is 12.8. The zero-order valence-electron chi connectivity index (χ0n) is 15.4. The molecule has 26 heavy (non-hydrogen) atoms. The number of carbonyl (C=O) groups excluding carboxylic acids is 1. The van der Waals surface area contributed by atoms with Gasteiger partial charge < -0.3 is 30.0 Å². The number of anilines is 2. The fraction of sp³-hybridized carbons (Fsp3) is 0.316. The fourth-order valence-electron chi connectivity index (χ4n) is 2.41. The molecule has 2 aromatic rings. The van der Waals surface area contributed by atoms with Crippen molar-refractivity contribution in [2.45, 2.75) is 13.8 Å². The van der Waals surface area contributed by atoms with Crippen molar-refractivity contribution in [3.05, 3.63) is 35.9 Å². The van der Waals surface area contributed by atoms with Crippen LogP contribution in [0.2, 0.25) is 0 Å². The molecule has 0 aliphatic carbocycles. The normalized spacial score (nSPS) is 10.2. The largest absolute Gasteiger partial charge is 0.497 e. The molecule has 0 aliphatic rings. The number of ether oxygens (including phenoxy) is 4. The van der Waals surface area contributed by atoms with Crippen LogP contribution in [0.4, 0.5) is 11.4 Å². The van der Waals surface area contributed by atoms with Crippen LogP contribution >= 0.6 is 0 Å². The Morgan fingerprint density at radius 2 is 1.65 bits per heavy atom. The number of nitrogens with one attached hydrogen (secondary N) is 1. The van der Waals surface area contributed by atoms with Crippen LogP contribution in [0.5, 0.6) is 23.0 Å². The van der Waals surface area contributed by atoms with Gasteiger partial charge in [0.25, 0.3) is 5.91 Å². The summed E-state index contributed by atoms with van der Waals surface area (Å²) in [6, 6.07) is 8.28. The number of carbonyl (C=O) groups is 1. The van der Waals surface area contributed by atoms with Crippen molar-refractivity contribution < 1.29 is 23.7 Å². The third-order valence-corrected chi connectivity index (χ3v) is 3.61. The van der Waals surface area contributed by atoms with Gasteiger partial charge in [-0.2, -0.15) is 0 Å². The van der Waals surface area contributed by atoms with Crippen molar-refractivity contribution in [3.8, 4) is 23.0 Å². The molecule has 2 rings (SSSR count). The van der Waals surface area contributed by atoms with Crippen LogP contribution in [-0.2, 0) is 0 Å².